The minimum Gasteiger partial charge on any atom is -0.274 e. The molecule has 26 heavy (non-hydrogen) atoms. The normalized spacial score (nSPS) is 12.1. The molecule has 1 atom stereocenters. The summed E-state index contributed by atoms with van der Waals surface area (Å²) in [5.74, 6) is 0.731. The largest absolute Gasteiger partial charge is 0.274 e. The fourth-order valence-corrected chi connectivity index (χ4v) is 3.94. The molecular formula is C18H17ClN4O2S. The van der Waals surface area contributed by atoms with Crippen LogP contribution in [0.3, 0.4) is 0 Å². The third-order valence-electron chi connectivity index (χ3n) is 3.86. The third-order valence-corrected chi connectivity index (χ3v) is 5.29. The van der Waals surface area contributed by atoms with Gasteiger partial charge in [-0.1, -0.05) is 47.6 Å². The van der Waals surface area contributed by atoms with E-state index >= 15 is 0 Å². The van der Waals surface area contributed by atoms with Gasteiger partial charge >= 0.3 is 0 Å². The number of rotatable bonds is 6. The average Bonchev–Trinajstić information content (AvgIpc) is 2.95. The molecule has 0 saturated heterocycles. The molecule has 0 aliphatic rings. The molecule has 8 heteroatoms. The van der Waals surface area contributed by atoms with Crippen LogP contribution in [0, 0.1) is 24.0 Å². The Labute approximate surface area is 160 Å². The molecule has 0 amide bonds. The lowest BCUT2D eigenvalue weighted by Crippen LogP contribution is -2.11. The number of hydrogen-bond donors (Lipinski definition) is 0. The fourth-order valence-electron chi connectivity index (χ4n) is 2.63. The molecular weight excluding hydrogens is 372 g/mol. The SMILES string of the molecule is Cc1cccc(-n2c(C)nnc2S[C@@H](C[N+](=O)[O-])c2ccc(Cl)cc2)c1. The van der Waals surface area contributed by atoms with Crippen LogP contribution in [0.2, 0.25) is 5.02 Å². The summed E-state index contributed by atoms with van der Waals surface area (Å²) < 4.78 is 1.92. The highest BCUT2D eigenvalue weighted by atomic mass is 35.5. The first kappa shape index (κ1) is 18.4. The zero-order valence-corrected chi connectivity index (χ0v) is 15.9. The Balaban J connectivity index is 1.97. The van der Waals surface area contributed by atoms with E-state index in [-0.39, 0.29) is 11.5 Å². The molecule has 0 saturated carbocycles. The second-order valence-corrected chi connectivity index (χ2v) is 7.48. The van der Waals surface area contributed by atoms with E-state index in [2.05, 4.69) is 10.2 Å². The first-order chi connectivity index (χ1) is 12.4. The molecule has 0 aliphatic carbocycles. The summed E-state index contributed by atoms with van der Waals surface area (Å²) in [7, 11) is 0. The van der Waals surface area contributed by atoms with Crippen molar-refractivity contribution in [2.24, 2.45) is 0 Å². The highest BCUT2D eigenvalue weighted by Crippen LogP contribution is 2.36. The standard InChI is InChI=1S/C18H17ClN4O2S/c1-12-4-3-5-16(10-12)23-13(2)20-21-18(23)26-17(11-22(24)25)14-6-8-15(19)9-7-14/h3-10,17H,11H2,1-2H3/t17-/m0/s1. The number of aryl methyl sites for hydroxylation is 2. The summed E-state index contributed by atoms with van der Waals surface area (Å²) in [5.41, 5.74) is 2.88. The number of nitrogens with zero attached hydrogens (tertiary/aromatic N) is 4. The zero-order valence-electron chi connectivity index (χ0n) is 14.3. The number of nitro groups is 1. The van der Waals surface area contributed by atoms with E-state index in [4.69, 9.17) is 11.6 Å². The van der Waals surface area contributed by atoms with Gasteiger partial charge in [0.1, 0.15) is 11.1 Å². The summed E-state index contributed by atoms with van der Waals surface area (Å²) in [5, 5.41) is 20.4. The predicted molar refractivity (Wildman–Crippen MR) is 103 cm³/mol. The monoisotopic (exact) mass is 388 g/mol. The number of aromatic nitrogens is 3. The van der Waals surface area contributed by atoms with E-state index in [1.807, 2.05) is 54.8 Å². The van der Waals surface area contributed by atoms with Gasteiger partial charge in [-0.2, -0.15) is 0 Å². The van der Waals surface area contributed by atoms with Crippen LogP contribution in [0.5, 0.6) is 0 Å². The van der Waals surface area contributed by atoms with Crippen molar-refractivity contribution in [2.45, 2.75) is 24.3 Å². The molecule has 0 unspecified atom stereocenters. The van der Waals surface area contributed by atoms with Crippen molar-refractivity contribution in [3.63, 3.8) is 0 Å². The number of thioether (sulfide) groups is 1. The highest BCUT2D eigenvalue weighted by Gasteiger charge is 2.23. The van der Waals surface area contributed by atoms with Crippen molar-refractivity contribution < 1.29 is 4.92 Å². The Morgan fingerprint density at radius 1 is 1.19 bits per heavy atom. The molecule has 134 valence electrons. The first-order valence-electron chi connectivity index (χ1n) is 7.97. The third kappa shape index (κ3) is 4.23. The van der Waals surface area contributed by atoms with Gasteiger partial charge in [-0.25, -0.2) is 0 Å². The second kappa shape index (κ2) is 7.88. The first-order valence-corrected chi connectivity index (χ1v) is 9.23. The van der Waals surface area contributed by atoms with Gasteiger partial charge in [0.25, 0.3) is 0 Å². The van der Waals surface area contributed by atoms with Crippen molar-refractivity contribution >= 4 is 23.4 Å². The number of hydrogen-bond acceptors (Lipinski definition) is 5. The van der Waals surface area contributed by atoms with E-state index in [9.17, 15) is 10.1 Å². The van der Waals surface area contributed by atoms with Crippen LogP contribution in [0.4, 0.5) is 0 Å². The lowest BCUT2D eigenvalue weighted by Gasteiger charge is -2.14. The molecule has 0 radical (unpaired) electrons. The van der Waals surface area contributed by atoms with Crippen molar-refractivity contribution in [3.8, 4) is 5.69 Å². The summed E-state index contributed by atoms with van der Waals surface area (Å²) in [6.07, 6.45) is 0. The molecule has 1 heterocycles. The van der Waals surface area contributed by atoms with Crippen LogP contribution in [0.15, 0.2) is 53.7 Å². The van der Waals surface area contributed by atoms with Crippen molar-refractivity contribution in [2.75, 3.05) is 6.54 Å². The van der Waals surface area contributed by atoms with Gasteiger partial charge in [0.15, 0.2) is 5.16 Å². The average molecular weight is 389 g/mol. The summed E-state index contributed by atoms with van der Waals surface area (Å²) >= 11 is 7.27. The lowest BCUT2D eigenvalue weighted by molar-refractivity contribution is -0.479. The van der Waals surface area contributed by atoms with Crippen LogP contribution in [-0.4, -0.2) is 26.2 Å². The molecule has 0 aliphatic heterocycles. The maximum atomic E-state index is 11.2. The van der Waals surface area contributed by atoms with Crippen LogP contribution in [0.25, 0.3) is 5.69 Å². The second-order valence-electron chi connectivity index (χ2n) is 5.88. The minimum absolute atomic E-state index is 0.216. The maximum Gasteiger partial charge on any atom is 0.220 e. The Bertz CT molecular complexity index is 927. The van der Waals surface area contributed by atoms with Gasteiger partial charge in [-0.05, 0) is 49.2 Å². The molecule has 0 spiro atoms. The van der Waals surface area contributed by atoms with Gasteiger partial charge in [-0.3, -0.25) is 14.7 Å². The molecule has 3 aromatic rings. The van der Waals surface area contributed by atoms with Crippen molar-refractivity contribution in [1.29, 1.82) is 0 Å². The predicted octanol–water partition coefficient (Wildman–Crippen LogP) is 4.65. The van der Waals surface area contributed by atoms with E-state index in [1.165, 1.54) is 11.8 Å². The van der Waals surface area contributed by atoms with Crippen molar-refractivity contribution in [3.05, 3.63) is 80.6 Å². The molecule has 3 rings (SSSR count). The minimum atomic E-state index is -0.394. The molecule has 2 aromatic carbocycles. The van der Waals surface area contributed by atoms with Crippen LogP contribution in [0.1, 0.15) is 22.2 Å². The molecule has 0 N–H and O–H groups in total. The highest BCUT2D eigenvalue weighted by molar-refractivity contribution is 7.99. The number of benzene rings is 2. The van der Waals surface area contributed by atoms with Crippen LogP contribution < -0.4 is 0 Å². The fraction of sp³-hybridized carbons (Fsp3) is 0.222. The van der Waals surface area contributed by atoms with Crippen LogP contribution >= 0.6 is 23.4 Å². The molecule has 0 bridgehead atoms. The van der Waals surface area contributed by atoms with Gasteiger partial charge in [-0.15, -0.1) is 10.2 Å². The Morgan fingerprint density at radius 3 is 2.58 bits per heavy atom. The van der Waals surface area contributed by atoms with Gasteiger partial charge in [0.05, 0.1) is 0 Å². The van der Waals surface area contributed by atoms with Gasteiger partial charge in [0.2, 0.25) is 6.54 Å². The lowest BCUT2D eigenvalue weighted by atomic mass is 10.1. The molecule has 6 nitrogen and oxygen atoms in total. The van der Waals surface area contributed by atoms with E-state index in [0.29, 0.717) is 10.2 Å². The smallest absolute Gasteiger partial charge is 0.220 e. The Kier molecular flexibility index (Phi) is 5.58. The van der Waals surface area contributed by atoms with Gasteiger partial charge < -0.3 is 0 Å². The van der Waals surface area contributed by atoms with E-state index < -0.39 is 5.25 Å². The van der Waals surface area contributed by atoms with Gasteiger partial charge in [0, 0.05) is 15.6 Å². The van der Waals surface area contributed by atoms with E-state index in [1.54, 1.807) is 12.1 Å². The topological polar surface area (TPSA) is 73.8 Å². The molecule has 1 aromatic heterocycles. The number of halogens is 1. The maximum absolute atomic E-state index is 11.2. The summed E-state index contributed by atoms with van der Waals surface area (Å²) in [4.78, 5) is 10.9. The summed E-state index contributed by atoms with van der Waals surface area (Å²) in [6.45, 7) is 3.66. The molecule has 0 fully saturated rings. The van der Waals surface area contributed by atoms with E-state index in [0.717, 1.165) is 22.6 Å². The Hall–Kier alpha value is -2.38. The zero-order chi connectivity index (χ0) is 18.7. The summed E-state index contributed by atoms with van der Waals surface area (Å²) in [6, 6.07) is 15.1. The Morgan fingerprint density at radius 2 is 1.92 bits per heavy atom. The van der Waals surface area contributed by atoms with Crippen LogP contribution in [-0.2, 0) is 0 Å². The quantitative estimate of drug-likeness (QED) is 0.349. The van der Waals surface area contributed by atoms with Crippen molar-refractivity contribution in [1.82, 2.24) is 14.8 Å².